The van der Waals surface area contributed by atoms with Crippen molar-refractivity contribution in [3.05, 3.63) is 0 Å². The molecule has 0 aromatic rings. The van der Waals surface area contributed by atoms with Crippen LogP contribution < -0.4 is 5.32 Å². The summed E-state index contributed by atoms with van der Waals surface area (Å²) in [6.45, 7) is 19.1. The molecule has 0 aromatic carbocycles. The van der Waals surface area contributed by atoms with Gasteiger partial charge in [-0.25, -0.2) is 0 Å². The molecular weight excluding hydrogens is 512 g/mol. The van der Waals surface area contributed by atoms with Crippen LogP contribution in [0.5, 0.6) is 0 Å². The first-order chi connectivity index (χ1) is 19.0. The molecular formula is C27H54N2O10. The molecule has 1 heterocycles. The summed E-state index contributed by atoms with van der Waals surface area (Å²) < 4.78 is 49.0. The van der Waals surface area contributed by atoms with Crippen LogP contribution in [0.4, 0.5) is 0 Å². The van der Waals surface area contributed by atoms with Crippen molar-refractivity contribution in [2.75, 3.05) is 138 Å². The van der Waals surface area contributed by atoms with Crippen LogP contribution in [0.3, 0.4) is 0 Å². The molecule has 0 bridgehead atoms. The molecule has 0 amide bonds. The number of carbonyl (C=O) groups is 1. The second-order valence-corrected chi connectivity index (χ2v) is 9.83. The van der Waals surface area contributed by atoms with Gasteiger partial charge in [0.05, 0.1) is 112 Å². The van der Waals surface area contributed by atoms with Crippen LogP contribution in [0.2, 0.25) is 0 Å². The number of piperazine rings is 1. The highest BCUT2D eigenvalue weighted by molar-refractivity contribution is 5.69. The van der Waals surface area contributed by atoms with Gasteiger partial charge in [0, 0.05) is 32.7 Å². The molecule has 12 heteroatoms. The fourth-order valence-electron chi connectivity index (χ4n) is 3.32. The lowest BCUT2D eigenvalue weighted by molar-refractivity contribution is -0.156. The van der Waals surface area contributed by atoms with Gasteiger partial charge in [0.1, 0.15) is 5.60 Å². The Hall–Kier alpha value is -0.930. The lowest BCUT2D eigenvalue weighted by atomic mass is 10.2. The zero-order valence-corrected chi connectivity index (χ0v) is 24.6. The lowest BCUT2D eigenvalue weighted by Gasteiger charge is -2.26. The van der Waals surface area contributed by atoms with Gasteiger partial charge in [0.2, 0.25) is 0 Å². The molecule has 1 fully saturated rings. The van der Waals surface area contributed by atoms with Crippen molar-refractivity contribution in [2.45, 2.75) is 32.8 Å². The number of carbonyl (C=O) groups excluding carboxylic acids is 1. The monoisotopic (exact) mass is 566 g/mol. The van der Waals surface area contributed by atoms with E-state index < -0.39 is 5.60 Å². The minimum absolute atomic E-state index is 0.239. The molecule has 39 heavy (non-hydrogen) atoms. The van der Waals surface area contributed by atoms with E-state index >= 15 is 0 Å². The smallest absolute Gasteiger partial charge is 0.308 e. The van der Waals surface area contributed by atoms with Gasteiger partial charge in [-0.1, -0.05) is 0 Å². The van der Waals surface area contributed by atoms with Crippen LogP contribution in [0.1, 0.15) is 27.2 Å². The highest BCUT2D eigenvalue weighted by Crippen LogP contribution is 2.08. The Bertz CT molecular complexity index is 545. The third-order valence-electron chi connectivity index (χ3n) is 5.24. The van der Waals surface area contributed by atoms with Crippen molar-refractivity contribution in [1.29, 1.82) is 0 Å². The maximum Gasteiger partial charge on any atom is 0.308 e. The first-order valence-corrected chi connectivity index (χ1v) is 14.2. The summed E-state index contributed by atoms with van der Waals surface area (Å²) in [5, 5.41) is 3.34. The average molecular weight is 567 g/mol. The SMILES string of the molecule is CC(C)(C)OC(=O)CCOCCOCCOCCOCCOCCOCCOCCOCCN1CCNCC1. The van der Waals surface area contributed by atoms with Crippen LogP contribution in [-0.4, -0.2) is 155 Å². The molecule has 0 spiro atoms. The van der Waals surface area contributed by atoms with Gasteiger partial charge >= 0.3 is 5.97 Å². The van der Waals surface area contributed by atoms with Crippen LogP contribution in [0, 0.1) is 0 Å². The fraction of sp³-hybridized carbons (Fsp3) is 0.963. The summed E-state index contributed by atoms with van der Waals surface area (Å²) in [4.78, 5) is 13.9. The Morgan fingerprint density at radius 2 is 0.897 bits per heavy atom. The van der Waals surface area contributed by atoms with Gasteiger partial charge in [-0.2, -0.15) is 0 Å². The Morgan fingerprint density at radius 1 is 0.564 bits per heavy atom. The highest BCUT2D eigenvalue weighted by atomic mass is 16.6. The topological polar surface area (TPSA) is 115 Å². The summed E-state index contributed by atoms with van der Waals surface area (Å²) in [5.41, 5.74) is -0.466. The van der Waals surface area contributed by atoms with Crippen molar-refractivity contribution < 1.29 is 47.4 Å². The van der Waals surface area contributed by atoms with Crippen molar-refractivity contribution >= 4 is 5.97 Å². The molecule has 0 radical (unpaired) electrons. The second kappa shape index (κ2) is 26.0. The van der Waals surface area contributed by atoms with E-state index in [1.165, 1.54) is 0 Å². The Labute approximate surface area is 235 Å². The summed E-state index contributed by atoms with van der Waals surface area (Å²) in [6, 6.07) is 0. The van der Waals surface area contributed by atoms with E-state index in [1.807, 2.05) is 20.8 Å². The summed E-state index contributed by atoms with van der Waals surface area (Å²) in [5.74, 6) is -0.259. The third kappa shape index (κ3) is 27.0. The number of nitrogens with zero attached hydrogens (tertiary/aromatic N) is 1. The Morgan fingerprint density at radius 3 is 1.26 bits per heavy atom. The molecule has 12 nitrogen and oxygen atoms in total. The van der Waals surface area contributed by atoms with E-state index in [-0.39, 0.29) is 12.4 Å². The van der Waals surface area contributed by atoms with E-state index in [2.05, 4.69) is 10.2 Å². The van der Waals surface area contributed by atoms with Crippen molar-refractivity contribution in [2.24, 2.45) is 0 Å². The minimum Gasteiger partial charge on any atom is -0.460 e. The number of rotatable bonds is 27. The zero-order valence-electron chi connectivity index (χ0n) is 24.6. The first kappa shape index (κ1) is 36.1. The summed E-state index contributed by atoms with van der Waals surface area (Å²) >= 11 is 0. The number of hydrogen-bond donors (Lipinski definition) is 1. The van der Waals surface area contributed by atoms with Crippen LogP contribution in [-0.2, 0) is 47.4 Å². The van der Waals surface area contributed by atoms with Crippen molar-refractivity contribution in [3.63, 3.8) is 0 Å². The van der Waals surface area contributed by atoms with Gasteiger partial charge in [0.25, 0.3) is 0 Å². The molecule has 1 N–H and O–H groups in total. The molecule has 1 rings (SSSR count). The molecule has 1 aliphatic heterocycles. The number of esters is 1. The molecule has 1 aliphatic rings. The molecule has 0 unspecified atom stereocenters. The Kier molecular flexibility index (Phi) is 24.1. The zero-order chi connectivity index (χ0) is 28.3. The quantitative estimate of drug-likeness (QED) is 0.112. The molecule has 0 aliphatic carbocycles. The normalized spacial score (nSPS) is 14.6. The van der Waals surface area contributed by atoms with Crippen LogP contribution in [0.15, 0.2) is 0 Å². The number of ether oxygens (including phenoxy) is 9. The predicted molar refractivity (Wildman–Crippen MR) is 146 cm³/mol. The van der Waals surface area contributed by atoms with Crippen LogP contribution in [0.25, 0.3) is 0 Å². The summed E-state index contributed by atoms with van der Waals surface area (Å²) in [6.07, 6.45) is 0.239. The van der Waals surface area contributed by atoms with Gasteiger partial charge in [-0.15, -0.1) is 0 Å². The molecule has 1 saturated heterocycles. The van der Waals surface area contributed by atoms with Gasteiger partial charge in [-0.3, -0.25) is 9.69 Å². The van der Waals surface area contributed by atoms with E-state index in [0.29, 0.717) is 99.1 Å². The van der Waals surface area contributed by atoms with Crippen molar-refractivity contribution in [3.8, 4) is 0 Å². The van der Waals surface area contributed by atoms with E-state index in [4.69, 9.17) is 42.6 Å². The standard InChI is InChI=1S/C27H54N2O10/c1-27(2,3)39-26(30)4-10-31-12-14-33-16-18-35-20-22-37-24-25-38-23-21-36-19-17-34-15-13-32-11-9-29-7-5-28-6-8-29/h28H,4-25H2,1-3H3. The highest BCUT2D eigenvalue weighted by Gasteiger charge is 2.15. The average Bonchev–Trinajstić information content (AvgIpc) is 2.90. The first-order valence-electron chi connectivity index (χ1n) is 14.2. The van der Waals surface area contributed by atoms with E-state index in [1.54, 1.807) is 0 Å². The van der Waals surface area contributed by atoms with Gasteiger partial charge < -0.3 is 47.9 Å². The van der Waals surface area contributed by atoms with Crippen LogP contribution >= 0.6 is 0 Å². The van der Waals surface area contributed by atoms with Gasteiger partial charge in [0.15, 0.2) is 0 Å². The number of hydrogen-bond acceptors (Lipinski definition) is 12. The molecule has 0 aromatic heterocycles. The van der Waals surface area contributed by atoms with Crippen molar-refractivity contribution in [1.82, 2.24) is 10.2 Å². The largest absolute Gasteiger partial charge is 0.460 e. The Balaban J connectivity index is 1.65. The molecule has 0 saturated carbocycles. The predicted octanol–water partition coefficient (Wildman–Crippen LogP) is 0.756. The number of nitrogens with one attached hydrogen (secondary N) is 1. The lowest BCUT2D eigenvalue weighted by Crippen LogP contribution is -2.44. The maximum atomic E-state index is 11.5. The minimum atomic E-state index is -0.466. The molecule has 0 atom stereocenters. The fourth-order valence-corrected chi connectivity index (χ4v) is 3.32. The third-order valence-corrected chi connectivity index (χ3v) is 5.24. The summed E-state index contributed by atoms with van der Waals surface area (Å²) in [7, 11) is 0. The van der Waals surface area contributed by atoms with E-state index in [9.17, 15) is 4.79 Å². The molecule has 232 valence electrons. The maximum absolute atomic E-state index is 11.5. The van der Waals surface area contributed by atoms with E-state index in [0.717, 1.165) is 39.3 Å². The van der Waals surface area contributed by atoms with Gasteiger partial charge in [-0.05, 0) is 20.8 Å². The second-order valence-electron chi connectivity index (χ2n) is 9.83.